The van der Waals surface area contributed by atoms with Crippen molar-refractivity contribution in [3.63, 3.8) is 0 Å². The van der Waals surface area contributed by atoms with Crippen LogP contribution in [0.5, 0.6) is 0 Å². The van der Waals surface area contributed by atoms with Gasteiger partial charge in [-0.25, -0.2) is 0 Å². The summed E-state index contributed by atoms with van der Waals surface area (Å²) in [5.41, 5.74) is 5.37. The van der Waals surface area contributed by atoms with E-state index in [1.54, 1.807) is 0 Å². The van der Waals surface area contributed by atoms with Gasteiger partial charge in [-0.2, -0.15) is 0 Å². The van der Waals surface area contributed by atoms with Crippen LogP contribution in [-0.2, 0) is 6.54 Å². The van der Waals surface area contributed by atoms with Crippen LogP contribution in [-0.4, -0.2) is 11.0 Å². The number of hydrogen-bond donors (Lipinski definition) is 2. The number of aromatic amines is 1. The molecule has 0 unspecified atom stereocenters. The van der Waals surface area contributed by atoms with E-state index < -0.39 is 0 Å². The number of nitrogens with one attached hydrogen (secondary N) is 2. The molecular formula is C14H18N2. The topological polar surface area (TPSA) is 27.8 Å². The molecule has 1 saturated carbocycles. The second-order valence-electron chi connectivity index (χ2n) is 4.97. The summed E-state index contributed by atoms with van der Waals surface area (Å²) in [6.07, 6.45) is 4.84. The predicted octanol–water partition coefficient (Wildman–Crippen LogP) is 3.04. The van der Waals surface area contributed by atoms with Crippen LogP contribution >= 0.6 is 0 Å². The molecule has 2 nitrogen and oxygen atoms in total. The maximum Gasteiger partial charge on any atom is 0.0487 e. The lowest BCUT2D eigenvalue weighted by Crippen LogP contribution is -2.14. The molecule has 2 heteroatoms. The van der Waals surface area contributed by atoms with E-state index in [0.717, 1.165) is 12.6 Å². The predicted molar refractivity (Wildman–Crippen MR) is 67.6 cm³/mol. The highest BCUT2D eigenvalue weighted by atomic mass is 14.9. The van der Waals surface area contributed by atoms with Gasteiger partial charge >= 0.3 is 0 Å². The molecule has 0 radical (unpaired) electrons. The van der Waals surface area contributed by atoms with Gasteiger partial charge in [-0.3, -0.25) is 0 Å². The third kappa shape index (κ3) is 1.74. The Labute approximate surface area is 96.1 Å². The Morgan fingerprint density at radius 1 is 1.31 bits per heavy atom. The number of H-pyrrole nitrogens is 1. The molecule has 1 aromatic heterocycles. The van der Waals surface area contributed by atoms with Gasteiger partial charge in [0.25, 0.3) is 0 Å². The Morgan fingerprint density at radius 3 is 2.88 bits per heavy atom. The maximum absolute atomic E-state index is 3.57. The molecule has 0 aliphatic heterocycles. The van der Waals surface area contributed by atoms with Crippen molar-refractivity contribution in [2.75, 3.05) is 0 Å². The van der Waals surface area contributed by atoms with Gasteiger partial charge in [-0.15, -0.1) is 0 Å². The van der Waals surface area contributed by atoms with Crippen molar-refractivity contribution >= 4 is 10.9 Å². The van der Waals surface area contributed by atoms with Crippen LogP contribution in [0.15, 0.2) is 18.3 Å². The quantitative estimate of drug-likeness (QED) is 0.807. The minimum atomic E-state index is 0.774. The van der Waals surface area contributed by atoms with Crippen molar-refractivity contribution in [2.45, 2.75) is 39.3 Å². The molecule has 0 amide bonds. The first-order chi connectivity index (χ1) is 7.74. The zero-order chi connectivity index (χ0) is 11.1. The highest BCUT2D eigenvalue weighted by Gasteiger charge is 2.20. The zero-order valence-corrected chi connectivity index (χ0v) is 9.93. The zero-order valence-electron chi connectivity index (χ0n) is 9.93. The summed E-state index contributed by atoms with van der Waals surface area (Å²) in [6.45, 7) is 5.33. The SMILES string of the molecule is Cc1cc(C)c2[nH]cc(CNC3CC3)c2c1. The number of aromatic nitrogens is 1. The van der Waals surface area contributed by atoms with Gasteiger partial charge < -0.3 is 10.3 Å². The number of benzene rings is 1. The summed E-state index contributed by atoms with van der Waals surface area (Å²) < 4.78 is 0. The second-order valence-corrected chi connectivity index (χ2v) is 4.97. The molecule has 1 aromatic carbocycles. The largest absolute Gasteiger partial charge is 0.361 e. The van der Waals surface area contributed by atoms with Crippen LogP contribution in [0.4, 0.5) is 0 Å². The molecule has 0 saturated heterocycles. The smallest absolute Gasteiger partial charge is 0.0487 e. The van der Waals surface area contributed by atoms with Crippen LogP contribution in [0.25, 0.3) is 10.9 Å². The van der Waals surface area contributed by atoms with Crippen molar-refractivity contribution in [3.05, 3.63) is 35.0 Å². The van der Waals surface area contributed by atoms with E-state index in [-0.39, 0.29) is 0 Å². The lowest BCUT2D eigenvalue weighted by atomic mass is 10.1. The summed E-state index contributed by atoms with van der Waals surface area (Å²) >= 11 is 0. The molecule has 2 N–H and O–H groups in total. The van der Waals surface area contributed by atoms with Crippen molar-refractivity contribution < 1.29 is 0 Å². The summed E-state index contributed by atoms with van der Waals surface area (Å²) in [5.74, 6) is 0. The molecule has 0 atom stereocenters. The number of hydrogen-bond acceptors (Lipinski definition) is 1. The highest BCUT2D eigenvalue weighted by Crippen LogP contribution is 2.25. The molecule has 1 aliphatic carbocycles. The van der Waals surface area contributed by atoms with Crippen LogP contribution in [0.1, 0.15) is 29.5 Å². The Kier molecular flexibility index (Phi) is 2.25. The van der Waals surface area contributed by atoms with E-state index in [0.29, 0.717) is 0 Å². The number of aryl methyl sites for hydroxylation is 2. The number of fused-ring (bicyclic) bond motifs is 1. The summed E-state index contributed by atoms with van der Waals surface area (Å²) in [5, 5.41) is 4.95. The van der Waals surface area contributed by atoms with Crippen molar-refractivity contribution in [1.82, 2.24) is 10.3 Å². The monoisotopic (exact) mass is 214 g/mol. The van der Waals surface area contributed by atoms with Gasteiger partial charge in [0.2, 0.25) is 0 Å². The van der Waals surface area contributed by atoms with Crippen LogP contribution < -0.4 is 5.32 Å². The molecule has 1 aliphatic rings. The van der Waals surface area contributed by atoms with Gasteiger partial charge in [0, 0.05) is 29.7 Å². The summed E-state index contributed by atoms with van der Waals surface area (Å²) in [4.78, 5) is 3.39. The molecule has 0 bridgehead atoms. The normalized spacial score (nSPS) is 15.9. The fraction of sp³-hybridized carbons (Fsp3) is 0.429. The lowest BCUT2D eigenvalue weighted by molar-refractivity contribution is 0.691. The fourth-order valence-corrected chi connectivity index (χ4v) is 2.34. The third-order valence-corrected chi connectivity index (χ3v) is 3.38. The standard InChI is InChI=1S/C14H18N2/c1-9-5-10(2)14-13(6-9)11(8-16-14)7-15-12-3-4-12/h5-6,8,12,15-16H,3-4,7H2,1-2H3. The van der Waals surface area contributed by atoms with Gasteiger partial charge in [0.05, 0.1) is 0 Å². The Hall–Kier alpha value is -1.28. The van der Waals surface area contributed by atoms with Crippen molar-refractivity contribution in [2.24, 2.45) is 0 Å². The van der Waals surface area contributed by atoms with E-state index in [9.17, 15) is 0 Å². The summed E-state index contributed by atoms with van der Waals surface area (Å²) in [7, 11) is 0. The molecule has 1 fully saturated rings. The van der Waals surface area contributed by atoms with E-state index >= 15 is 0 Å². The van der Waals surface area contributed by atoms with E-state index in [1.165, 1.54) is 40.4 Å². The third-order valence-electron chi connectivity index (χ3n) is 3.38. The van der Waals surface area contributed by atoms with Gasteiger partial charge in [-0.05, 0) is 43.9 Å². The Balaban J connectivity index is 1.97. The van der Waals surface area contributed by atoms with Gasteiger partial charge in [-0.1, -0.05) is 11.6 Å². The Morgan fingerprint density at radius 2 is 2.12 bits per heavy atom. The van der Waals surface area contributed by atoms with E-state index in [4.69, 9.17) is 0 Å². The first-order valence-corrected chi connectivity index (χ1v) is 6.04. The lowest BCUT2D eigenvalue weighted by Gasteiger charge is -2.03. The summed E-state index contributed by atoms with van der Waals surface area (Å²) in [6, 6.07) is 5.29. The first kappa shape index (κ1) is 9.91. The van der Waals surface area contributed by atoms with Gasteiger partial charge in [0.1, 0.15) is 0 Å². The fourth-order valence-electron chi connectivity index (χ4n) is 2.34. The minimum Gasteiger partial charge on any atom is -0.361 e. The molecule has 0 spiro atoms. The average Bonchev–Trinajstić information content (AvgIpc) is 2.97. The molecule has 84 valence electrons. The molecular weight excluding hydrogens is 196 g/mol. The molecule has 2 aromatic rings. The van der Waals surface area contributed by atoms with Crippen LogP contribution in [0, 0.1) is 13.8 Å². The molecule has 1 heterocycles. The second kappa shape index (κ2) is 3.63. The average molecular weight is 214 g/mol. The number of rotatable bonds is 3. The maximum atomic E-state index is 3.57. The molecule has 16 heavy (non-hydrogen) atoms. The van der Waals surface area contributed by atoms with Crippen LogP contribution in [0.3, 0.4) is 0 Å². The van der Waals surface area contributed by atoms with Crippen molar-refractivity contribution in [1.29, 1.82) is 0 Å². The van der Waals surface area contributed by atoms with Crippen molar-refractivity contribution in [3.8, 4) is 0 Å². The minimum absolute atomic E-state index is 0.774. The first-order valence-electron chi connectivity index (χ1n) is 6.04. The van der Waals surface area contributed by atoms with Gasteiger partial charge in [0.15, 0.2) is 0 Å². The van der Waals surface area contributed by atoms with Crippen LogP contribution in [0.2, 0.25) is 0 Å². The highest BCUT2D eigenvalue weighted by molar-refractivity contribution is 5.86. The Bertz CT molecular complexity index is 521. The van der Waals surface area contributed by atoms with E-state index in [1.807, 2.05) is 0 Å². The molecule has 3 rings (SSSR count). The van der Waals surface area contributed by atoms with E-state index in [2.05, 4.69) is 42.5 Å².